The number of sulfone groups is 1. The molecule has 3 aromatic carbocycles. The Morgan fingerprint density at radius 1 is 1.00 bits per heavy atom. The number of anilines is 2. The molecule has 4 rings (SSSR count). The number of rotatable bonds is 7. The van der Waals surface area contributed by atoms with E-state index in [9.17, 15) is 13.2 Å². The molecule has 1 amide bonds. The first kappa shape index (κ1) is 25.6. The second-order valence-electron chi connectivity index (χ2n) is 8.69. The summed E-state index contributed by atoms with van der Waals surface area (Å²) in [5.74, 6) is 1.51. The van der Waals surface area contributed by atoms with Crippen LogP contribution in [0.15, 0.2) is 82.8 Å². The maximum atomic E-state index is 13.6. The average Bonchev–Trinajstić information content (AvgIpc) is 2.89. The molecule has 0 aromatic heterocycles. The normalized spacial score (nSPS) is 15.8. The van der Waals surface area contributed by atoms with E-state index in [4.69, 9.17) is 10.9 Å². The van der Waals surface area contributed by atoms with E-state index in [-0.39, 0.29) is 16.6 Å². The van der Waals surface area contributed by atoms with Crippen molar-refractivity contribution in [3.05, 3.63) is 78.4 Å². The van der Waals surface area contributed by atoms with Crippen molar-refractivity contribution in [3.8, 4) is 11.1 Å². The number of nitrogens with one attached hydrogen (secondary N) is 2. The molecule has 0 unspecified atom stereocenters. The summed E-state index contributed by atoms with van der Waals surface area (Å²) in [6.07, 6.45) is 2.46. The molecule has 1 heterocycles. The quantitative estimate of drug-likeness (QED) is 0.158. The number of amides is 1. The maximum absolute atomic E-state index is 13.6. The molecule has 0 atom stereocenters. The van der Waals surface area contributed by atoms with Gasteiger partial charge in [0.25, 0.3) is 0 Å². The molecule has 0 spiro atoms. The van der Waals surface area contributed by atoms with Gasteiger partial charge >= 0.3 is 0 Å². The summed E-state index contributed by atoms with van der Waals surface area (Å²) in [5, 5.41) is 18.5. The Morgan fingerprint density at radius 2 is 1.69 bits per heavy atom. The van der Waals surface area contributed by atoms with E-state index in [1.165, 1.54) is 6.26 Å². The third-order valence-electron chi connectivity index (χ3n) is 6.17. The summed E-state index contributed by atoms with van der Waals surface area (Å²) in [6, 6.07) is 21.1. The van der Waals surface area contributed by atoms with Gasteiger partial charge in [-0.25, -0.2) is 8.42 Å². The second kappa shape index (κ2) is 10.6. The average molecular weight is 525 g/mol. The molecule has 0 radical (unpaired) electrons. The molecule has 0 aliphatic carbocycles. The second-order valence-corrected chi connectivity index (χ2v) is 11.9. The molecule has 1 saturated heterocycles. The lowest BCUT2D eigenvalue weighted by molar-refractivity contribution is -0.120. The Bertz CT molecular complexity index is 1380. The lowest BCUT2D eigenvalue weighted by Gasteiger charge is -2.37. The van der Waals surface area contributed by atoms with Gasteiger partial charge in [-0.3, -0.25) is 4.79 Å². The van der Waals surface area contributed by atoms with Gasteiger partial charge in [0.2, 0.25) is 5.91 Å². The first-order chi connectivity index (χ1) is 17.2. The van der Waals surface area contributed by atoms with Crippen LogP contribution in [0.4, 0.5) is 11.4 Å². The van der Waals surface area contributed by atoms with Crippen LogP contribution in [0, 0.1) is 0 Å². The lowest BCUT2D eigenvalue weighted by atomic mass is 9.90. The number of hydrogen-bond donors (Lipinski definition) is 4. The summed E-state index contributed by atoms with van der Waals surface area (Å²) in [4.78, 5) is 13.8. The number of nitrogens with zero attached hydrogens (tertiary/aromatic N) is 1. The number of amidine groups is 1. The highest BCUT2D eigenvalue weighted by Gasteiger charge is 2.40. The third kappa shape index (κ3) is 5.66. The summed E-state index contributed by atoms with van der Waals surface area (Å²) >= 11 is 1.80. The molecule has 36 heavy (non-hydrogen) atoms. The van der Waals surface area contributed by atoms with Gasteiger partial charge < -0.3 is 21.6 Å². The number of oxime groups is 1. The molecule has 188 valence electrons. The Labute approximate surface area is 214 Å². The molecule has 0 bridgehead atoms. The van der Waals surface area contributed by atoms with Gasteiger partial charge in [-0.15, -0.1) is 0 Å². The first-order valence-electron chi connectivity index (χ1n) is 11.4. The van der Waals surface area contributed by atoms with Crippen LogP contribution in [-0.2, 0) is 14.6 Å². The fourth-order valence-electron chi connectivity index (χ4n) is 4.23. The van der Waals surface area contributed by atoms with Crippen LogP contribution in [0.3, 0.4) is 0 Å². The Balaban J connectivity index is 1.57. The fourth-order valence-corrected chi connectivity index (χ4v) is 6.33. The zero-order valence-electron chi connectivity index (χ0n) is 19.8. The number of nitrogens with two attached hydrogens (primary N) is 1. The van der Waals surface area contributed by atoms with Gasteiger partial charge in [0, 0.05) is 28.8 Å². The molecule has 1 aliphatic rings. The van der Waals surface area contributed by atoms with Crippen LogP contribution >= 0.6 is 11.8 Å². The van der Waals surface area contributed by atoms with Crippen LogP contribution in [-0.4, -0.2) is 48.7 Å². The first-order valence-corrected chi connectivity index (χ1v) is 14.4. The topological polar surface area (TPSA) is 134 Å². The van der Waals surface area contributed by atoms with Crippen molar-refractivity contribution in [2.24, 2.45) is 10.9 Å². The van der Waals surface area contributed by atoms with Gasteiger partial charge in [-0.1, -0.05) is 47.6 Å². The van der Waals surface area contributed by atoms with Gasteiger partial charge in [-0.2, -0.15) is 11.8 Å². The molecule has 0 saturated carbocycles. The fraction of sp³-hybridized carbons (Fsp3) is 0.231. The lowest BCUT2D eigenvalue weighted by Crippen LogP contribution is -2.52. The van der Waals surface area contributed by atoms with Crippen molar-refractivity contribution in [1.29, 1.82) is 0 Å². The number of hydrogen-bond acceptors (Lipinski definition) is 7. The van der Waals surface area contributed by atoms with Crippen molar-refractivity contribution >= 4 is 44.7 Å². The SMILES string of the molecule is CS(=O)(=O)c1ccccc1-c1ccc(NC(=O)C2(Nc3cccc(/C(N)=N/O)c3)CCSCC2)cc1. The number of carbonyl (C=O) groups is 1. The van der Waals surface area contributed by atoms with Crippen LogP contribution < -0.4 is 16.4 Å². The Kier molecular flexibility index (Phi) is 7.56. The summed E-state index contributed by atoms with van der Waals surface area (Å²) < 4.78 is 24.4. The van der Waals surface area contributed by atoms with E-state index in [1.807, 2.05) is 6.07 Å². The third-order valence-corrected chi connectivity index (χ3v) is 8.31. The summed E-state index contributed by atoms with van der Waals surface area (Å²) in [6.45, 7) is 0. The summed E-state index contributed by atoms with van der Waals surface area (Å²) in [7, 11) is -3.38. The molecular formula is C26H28N4O4S2. The zero-order chi connectivity index (χ0) is 25.8. The predicted octanol–water partition coefficient (Wildman–Crippen LogP) is 4.17. The number of thioether (sulfide) groups is 1. The van der Waals surface area contributed by atoms with Crippen molar-refractivity contribution in [2.75, 3.05) is 28.4 Å². The van der Waals surface area contributed by atoms with E-state index in [0.29, 0.717) is 35.3 Å². The van der Waals surface area contributed by atoms with E-state index in [0.717, 1.165) is 17.1 Å². The highest BCUT2D eigenvalue weighted by atomic mass is 32.2. The van der Waals surface area contributed by atoms with Gasteiger partial charge in [0.15, 0.2) is 15.7 Å². The molecule has 5 N–H and O–H groups in total. The molecule has 10 heteroatoms. The van der Waals surface area contributed by atoms with E-state index >= 15 is 0 Å². The number of benzene rings is 3. The van der Waals surface area contributed by atoms with E-state index in [2.05, 4.69) is 15.8 Å². The molecule has 1 fully saturated rings. The van der Waals surface area contributed by atoms with E-state index < -0.39 is 15.4 Å². The standard InChI is InChI=1S/C26H28N4O4S2/c1-36(33,34)23-8-3-2-7-22(23)18-9-11-20(12-10-18)28-25(31)26(13-15-35-16-14-26)29-21-6-4-5-19(17-21)24(27)30-32/h2-12,17,29,32H,13-16H2,1H3,(H2,27,30)(H,28,31). The highest BCUT2D eigenvalue weighted by molar-refractivity contribution is 7.99. The van der Waals surface area contributed by atoms with Gasteiger partial charge in [-0.05, 0) is 60.2 Å². The Morgan fingerprint density at radius 3 is 2.36 bits per heavy atom. The van der Waals surface area contributed by atoms with Crippen LogP contribution in [0.5, 0.6) is 0 Å². The minimum Gasteiger partial charge on any atom is -0.409 e. The maximum Gasteiger partial charge on any atom is 0.250 e. The van der Waals surface area contributed by atoms with Crippen molar-refractivity contribution < 1.29 is 18.4 Å². The number of carbonyl (C=O) groups excluding carboxylic acids is 1. The Hall–Kier alpha value is -3.50. The van der Waals surface area contributed by atoms with Crippen LogP contribution in [0.2, 0.25) is 0 Å². The van der Waals surface area contributed by atoms with Crippen molar-refractivity contribution in [3.63, 3.8) is 0 Å². The zero-order valence-corrected chi connectivity index (χ0v) is 21.4. The molecule has 1 aliphatic heterocycles. The molecule has 3 aromatic rings. The van der Waals surface area contributed by atoms with Crippen molar-refractivity contribution in [1.82, 2.24) is 0 Å². The minimum atomic E-state index is -3.38. The summed E-state index contributed by atoms with van der Waals surface area (Å²) in [5.41, 5.74) is 8.14. The molecular weight excluding hydrogens is 496 g/mol. The van der Waals surface area contributed by atoms with Crippen LogP contribution in [0.1, 0.15) is 18.4 Å². The smallest absolute Gasteiger partial charge is 0.250 e. The predicted molar refractivity (Wildman–Crippen MR) is 145 cm³/mol. The van der Waals surface area contributed by atoms with Gasteiger partial charge in [0.05, 0.1) is 4.90 Å². The van der Waals surface area contributed by atoms with Gasteiger partial charge in [0.1, 0.15) is 5.54 Å². The highest BCUT2D eigenvalue weighted by Crippen LogP contribution is 2.33. The van der Waals surface area contributed by atoms with Crippen LogP contribution in [0.25, 0.3) is 11.1 Å². The largest absolute Gasteiger partial charge is 0.409 e. The van der Waals surface area contributed by atoms with Crippen molar-refractivity contribution in [2.45, 2.75) is 23.3 Å². The minimum absolute atomic E-state index is 0.00566. The monoisotopic (exact) mass is 524 g/mol. The van der Waals surface area contributed by atoms with E-state index in [1.54, 1.807) is 78.5 Å². The molecule has 8 nitrogen and oxygen atoms in total.